The summed E-state index contributed by atoms with van der Waals surface area (Å²) in [5, 5.41) is 33.7. The molecule has 2 N–H and O–H groups in total. The van der Waals surface area contributed by atoms with E-state index in [-0.39, 0.29) is 24.9 Å². The average molecular weight is 537 g/mol. The highest BCUT2D eigenvalue weighted by Crippen LogP contribution is 2.29. The van der Waals surface area contributed by atoms with Crippen molar-refractivity contribution in [1.82, 2.24) is 10.6 Å². The van der Waals surface area contributed by atoms with Crippen molar-refractivity contribution in [3.05, 3.63) is 82.2 Å². The van der Waals surface area contributed by atoms with E-state index < -0.39 is 21.4 Å². The second kappa shape index (κ2) is 14.0. The summed E-state index contributed by atoms with van der Waals surface area (Å²) in [4.78, 5) is 26.1. The zero-order valence-electron chi connectivity index (χ0n) is 23.1. The maximum absolute atomic E-state index is 13.9. The van der Waals surface area contributed by atoms with Gasteiger partial charge in [0.2, 0.25) is 0 Å². The predicted octanol–water partition coefficient (Wildman–Crippen LogP) is 3.83. The average Bonchev–Trinajstić information content (AvgIpc) is 2.94. The van der Waals surface area contributed by atoms with Crippen LogP contribution in [-0.4, -0.2) is 72.5 Å². The molecule has 39 heavy (non-hydrogen) atoms. The van der Waals surface area contributed by atoms with Crippen LogP contribution >= 0.6 is 0 Å². The van der Waals surface area contributed by atoms with Gasteiger partial charge in [0.15, 0.2) is 12.1 Å². The third kappa shape index (κ3) is 8.11. The van der Waals surface area contributed by atoms with Gasteiger partial charge in [0, 0.05) is 32.4 Å². The van der Waals surface area contributed by atoms with E-state index in [0.29, 0.717) is 45.4 Å². The summed E-state index contributed by atoms with van der Waals surface area (Å²) in [6.45, 7) is 2.28. The Bertz CT molecular complexity index is 970. The number of rotatable bonds is 12. The van der Waals surface area contributed by atoms with Crippen LogP contribution in [-0.2, 0) is 22.4 Å². The van der Waals surface area contributed by atoms with Crippen LogP contribution in [0.4, 0.5) is 0 Å². The largest absolute Gasteiger partial charge is 0.632 e. The molecule has 212 valence electrons. The topological polar surface area (TPSA) is 104 Å². The Balaban J connectivity index is 1.28. The zero-order valence-corrected chi connectivity index (χ0v) is 23.1. The van der Waals surface area contributed by atoms with Gasteiger partial charge < -0.3 is 30.3 Å². The van der Waals surface area contributed by atoms with Crippen molar-refractivity contribution in [2.45, 2.75) is 69.9 Å². The van der Waals surface area contributed by atoms with Gasteiger partial charge in [-0.3, -0.25) is 9.59 Å². The number of likely N-dealkylation sites (tertiary alicyclic amines) is 2. The standard InChI is InChI=1S/C31H44N4O4/c36-30(32-20-18-26-12-3-1-4-13-26)28-16-7-9-22-34(28,38)24-11-25-35(39)23-10-8-17-29(35)31(37)33-21-19-27-14-5-2-6-15-27/h1-6,12-15,28-29H,7-11,16-25H2,(H,32,36)(H,33,37). The molecule has 8 nitrogen and oxygen atoms in total. The second-order valence-corrected chi connectivity index (χ2v) is 11.2. The Hall–Kier alpha value is -2.78. The summed E-state index contributed by atoms with van der Waals surface area (Å²) in [6.07, 6.45) is 6.33. The first-order valence-electron chi connectivity index (χ1n) is 14.7. The molecule has 4 unspecified atom stereocenters. The number of hydroxylamine groups is 6. The Labute approximate surface area is 232 Å². The lowest BCUT2D eigenvalue weighted by Gasteiger charge is -2.53. The normalized spacial score (nSPS) is 27.0. The van der Waals surface area contributed by atoms with Crippen LogP contribution in [0.15, 0.2) is 60.7 Å². The van der Waals surface area contributed by atoms with Gasteiger partial charge in [0.05, 0.1) is 26.2 Å². The highest BCUT2D eigenvalue weighted by atomic mass is 16.6. The van der Waals surface area contributed by atoms with Gasteiger partial charge in [-0.15, -0.1) is 0 Å². The van der Waals surface area contributed by atoms with Crippen LogP contribution in [0.25, 0.3) is 0 Å². The third-order valence-corrected chi connectivity index (χ3v) is 8.45. The van der Waals surface area contributed by atoms with E-state index in [9.17, 15) is 20.0 Å². The number of carbonyl (C=O) groups excluding carboxylic acids is 2. The molecule has 4 rings (SSSR count). The summed E-state index contributed by atoms with van der Waals surface area (Å²) >= 11 is 0. The smallest absolute Gasteiger partial charge is 0.278 e. The molecule has 2 aliphatic rings. The summed E-state index contributed by atoms with van der Waals surface area (Å²) in [6, 6.07) is 18.7. The molecule has 2 fully saturated rings. The quantitative estimate of drug-likeness (QED) is 0.318. The highest BCUT2D eigenvalue weighted by Gasteiger charge is 2.40. The van der Waals surface area contributed by atoms with Crippen LogP contribution in [0.2, 0.25) is 0 Å². The van der Waals surface area contributed by atoms with Crippen molar-refractivity contribution in [1.29, 1.82) is 0 Å². The Morgan fingerprint density at radius 3 is 1.49 bits per heavy atom. The van der Waals surface area contributed by atoms with Crippen LogP contribution in [0.5, 0.6) is 0 Å². The maximum atomic E-state index is 13.9. The fourth-order valence-corrected chi connectivity index (χ4v) is 6.23. The van der Waals surface area contributed by atoms with E-state index in [4.69, 9.17) is 0 Å². The number of benzene rings is 2. The monoisotopic (exact) mass is 536 g/mol. The Morgan fingerprint density at radius 2 is 1.08 bits per heavy atom. The number of carbonyl (C=O) groups is 2. The molecule has 4 atom stereocenters. The summed E-state index contributed by atoms with van der Waals surface area (Å²) in [5.74, 6) is -0.361. The lowest BCUT2D eigenvalue weighted by atomic mass is 9.98. The number of piperidine rings is 2. The number of hydrogen-bond acceptors (Lipinski definition) is 4. The van der Waals surface area contributed by atoms with Crippen molar-refractivity contribution in [3.8, 4) is 0 Å². The molecular weight excluding hydrogens is 492 g/mol. The minimum absolute atomic E-state index is 0.180. The highest BCUT2D eigenvalue weighted by molar-refractivity contribution is 5.81. The molecule has 0 aliphatic carbocycles. The minimum atomic E-state index is -0.631. The molecule has 0 spiro atoms. The van der Waals surface area contributed by atoms with E-state index in [2.05, 4.69) is 10.6 Å². The van der Waals surface area contributed by atoms with Gasteiger partial charge in [0.1, 0.15) is 0 Å². The van der Waals surface area contributed by atoms with Gasteiger partial charge >= 0.3 is 0 Å². The van der Waals surface area contributed by atoms with E-state index in [1.54, 1.807) is 0 Å². The molecule has 0 radical (unpaired) electrons. The van der Waals surface area contributed by atoms with E-state index in [1.165, 1.54) is 0 Å². The molecule has 2 aromatic carbocycles. The molecule has 2 aliphatic heterocycles. The molecule has 0 saturated carbocycles. The number of nitrogens with one attached hydrogen (secondary N) is 2. The lowest BCUT2D eigenvalue weighted by Crippen LogP contribution is -2.62. The fourth-order valence-electron chi connectivity index (χ4n) is 6.23. The molecule has 0 aromatic heterocycles. The lowest BCUT2D eigenvalue weighted by molar-refractivity contribution is -0.919. The first-order valence-corrected chi connectivity index (χ1v) is 14.7. The van der Waals surface area contributed by atoms with Crippen molar-refractivity contribution < 1.29 is 18.9 Å². The van der Waals surface area contributed by atoms with Crippen molar-refractivity contribution >= 4 is 11.8 Å². The minimum Gasteiger partial charge on any atom is -0.632 e. The van der Waals surface area contributed by atoms with Crippen molar-refractivity contribution in [2.24, 2.45) is 0 Å². The second-order valence-electron chi connectivity index (χ2n) is 11.2. The first kappa shape index (κ1) is 29.2. The van der Waals surface area contributed by atoms with Gasteiger partial charge in [-0.1, -0.05) is 60.7 Å². The van der Waals surface area contributed by atoms with Crippen LogP contribution in [0.1, 0.15) is 56.1 Å². The molecule has 2 saturated heterocycles. The van der Waals surface area contributed by atoms with E-state index >= 15 is 0 Å². The number of quaternary nitrogens is 2. The zero-order chi connectivity index (χ0) is 27.6. The summed E-state index contributed by atoms with van der Waals surface area (Å²) in [5.41, 5.74) is 2.29. The molecule has 2 aromatic rings. The molecular formula is C31H44N4O4. The maximum Gasteiger partial charge on any atom is 0.278 e. The SMILES string of the molecule is O=C(NCCc1ccccc1)C1CCCC[N+]1([O-])CCC[N+]1([O-])CCCCC1C(=O)NCCc1ccccc1. The first-order chi connectivity index (χ1) is 18.9. The van der Waals surface area contributed by atoms with Crippen molar-refractivity contribution in [3.63, 3.8) is 0 Å². The number of hydrogen-bond donors (Lipinski definition) is 2. The van der Waals surface area contributed by atoms with Crippen LogP contribution in [0.3, 0.4) is 0 Å². The molecule has 2 amide bonds. The predicted molar refractivity (Wildman–Crippen MR) is 153 cm³/mol. The van der Waals surface area contributed by atoms with Gasteiger partial charge in [0.25, 0.3) is 11.8 Å². The van der Waals surface area contributed by atoms with E-state index in [1.807, 2.05) is 60.7 Å². The molecule has 0 bridgehead atoms. The van der Waals surface area contributed by atoms with Gasteiger partial charge in [-0.25, -0.2) is 0 Å². The van der Waals surface area contributed by atoms with Gasteiger partial charge in [-0.05, 0) is 49.7 Å². The fraction of sp³-hybridized carbons (Fsp3) is 0.548. The third-order valence-electron chi connectivity index (χ3n) is 8.45. The molecule has 2 heterocycles. The Kier molecular flexibility index (Phi) is 10.5. The van der Waals surface area contributed by atoms with Crippen molar-refractivity contribution in [2.75, 3.05) is 39.3 Å². The van der Waals surface area contributed by atoms with Gasteiger partial charge in [-0.2, -0.15) is 0 Å². The Morgan fingerprint density at radius 1 is 0.667 bits per heavy atom. The molecule has 8 heteroatoms. The summed E-state index contributed by atoms with van der Waals surface area (Å²) in [7, 11) is 0. The van der Waals surface area contributed by atoms with E-state index in [0.717, 1.165) is 49.7 Å². The summed E-state index contributed by atoms with van der Waals surface area (Å²) < 4.78 is -1.13. The number of nitrogens with zero attached hydrogens (tertiary/aromatic N) is 2. The van der Waals surface area contributed by atoms with Crippen LogP contribution < -0.4 is 10.6 Å². The van der Waals surface area contributed by atoms with Crippen LogP contribution in [0, 0.1) is 10.4 Å². The number of amides is 2.